The van der Waals surface area contributed by atoms with E-state index < -0.39 is 12.0 Å². The van der Waals surface area contributed by atoms with Crippen LogP contribution in [0.25, 0.3) is 0 Å². The van der Waals surface area contributed by atoms with E-state index in [0.29, 0.717) is 12.2 Å². The summed E-state index contributed by atoms with van der Waals surface area (Å²) in [5, 5.41) is 0. The molecule has 0 radical (unpaired) electrons. The molecule has 1 saturated carbocycles. The number of ketones is 1. The Morgan fingerprint density at radius 1 is 1.25 bits per heavy atom. The second-order valence-electron chi connectivity index (χ2n) is 8.22. The molecule has 2 aliphatic rings. The maximum absolute atomic E-state index is 13.3. The Balaban J connectivity index is 1.92. The minimum absolute atomic E-state index is 0.00878. The minimum atomic E-state index is -0.462. The number of rotatable bonds is 3. The van der Waals surface area contributed by atoms with E-state index in [9.17, 15) is 9.59 Å². The van der Waals surface area contributed by atoms with Gasteiger partial charge in [-0.25, -0.2) is 0 Å². The van der Waals surface area contributed by atoms with Crippen LogP contribution in [0.1, 0.15) is 38.5 Å². The molecule has 1 aliphatic carbocycles. The molecule has 0 amide bonds. The topological polar surface area (TPSA) is 72.1 Å². The van der Waals surface area contributed by atoms with Crippen LogP contribution in [0.15, 0.2) is 52.1 Å². The van der Waals surface area contributed by atoms with Gasteiger partial charge in [0.2, 0.25) is 0 Å². The maximum Gasteiger partial charge on any atom is 0.325 e. The number of Topliss-reactive ketones (excluding diaryl/α,β-unsaturated/α-hetero) is 1. The Bertz CT molecular complexity index is 930. The molecule has 28 heavy (non-hydrogen) atoms. The number of ether oxygens (including phenoxy) is 1. The summed E-state index contributed by atoms with van der Waals surface area (Å²) in [6, 6.07) is 10.9. The lowest BCUT2D eigenvalue weighted by Gasteiger charge is -2.40. The normalized spacial score (nSPS) is 23.3. The van der Waals surface area contributed by atoms with Gasteiger partial charge in [-0.3, -0.25) is 14.6 Å². The first-order valence-corrected chi connectivity index (χ1v) is 9.46. The summed E-state index contributed by atoms with van der Waals surface area (Å²) in [6.07, 6.45) is 2.79. The van der Waals surface area contributed by atoms with Crippen LogP contribution >= 0.6 is 0 Å². The Hall–Kier alpha value is -2.89. The number of nitrogens with zero attached hydrogens (tertiary/aromatic N) is 2. The van der Waals surface area contributed by atoms with Gasteiger partial charge < -0.3 is 14.1 Å². The highest BCUT2D eigenvalue weighted by molar-refractivity contribution is 6.11. The average Bonchev–Trinajstić information content (AvgIpc) is 3.13. The third kappa shape index (κ3) is 3.23. The molecule has 4 rings (SSSR count). The van der Waals surface area contributed by atoms with Crippen LogP contribution in [0.3, 0.4) is 0 Å². The van der Waals surface area contributed by atoms with Crippen molar-refractivity contribution < 1.29 is 18.7 Å². The van der Waals surface area contributed by atoms with Gasteiger partial charge >= 0.3 is 5.97 Å². The minimum Gasteiger partial charge on any atom is -0.468 e. The van der Waals surface area contributed by atoms with Crippen LogP contribution in [0, 0.1) is 11.3 Å². The third-order valence-corrected chi connectivity index (χ3v) is 5.49. The second kappa shape index (κ2) is 6.93. The van der Waals surface area contributed by atoms with Gasteiger partial charge in [0.1, 0.15) is 24.1 Å². The molecule has 1 aromatic heterocycles. The highest BCUT2D eigenvalue weighted by Gasteiger charge is 2.47. The number of esters is 1. The zero-order valence-corrected chi connectivity index (χ0v) is 16.3. The van der Waals surface area contributed by atoms with Crippen molar-refractivity contribution in [1.82, 2.24) is 0 Å². The van der Waals surface area contributed by atoms with E-state index in [1.54, 1.807) is 12.3 Å². The van der Waals surface area contributed by atoms with Crippen molar-refractivity contribution in [2.24, 2.45) is 16.3 Å². The molecule has 2 atom stereocenters. The lowest BCUT2D eigenvalue weighted by atomic mass is 9.68. The molecule has 2 aromatic rings. The zero-order chi connectivity index (χ0) is 19.9. The summed E-state index contributed by atoms with van der Waals surface area (Å²) in [6.45, 7) is 4.19. The molecular weight excluding hydrogens is 356 g/mol. The fraction of sp³-hybridized carbons (Fsp3) is 0.409. The molecule has 1 fully saturated rings. The third-order valence-electron chi connectivity index (χ3n) is 5.49. The standard InChI is InChI=1S/C22H24N2O4/c1-22(2)11-15-20(17(25)12-22)21(18-9-6-10-28-18)24(13-19(26)27-3)16-8-5-4-7-14(16)23-15/h4-10,20-21H,11-13H2,1-3H3/t20?,21-/m0/s1. The van der Waals surface area contributed by atoms with Crippen molar-refractivity contribution in [3.8, 4) is 0 Å². The Labute approximate surface area is 164 Å². The van der Waals surface area contributed by atoms with Crippen LogP contribution < -0.4 is 4.90 Å². The van der Waals surface area contributed by atoms with Gasteiger partial charge in [0.25, 0.3) is 0 Å². The van der Waals surface area contributed by atoms with Crippen molar-refractivity contribution in [2.45, 2.75) is 32.7 Å². The molecular formula is C22H24N2O4. The van der Waals surface area contributed by atoms with Gasteiger partial charge in [0, 0.05) is 12.1 Å². The predicted octanol–water partition coefficient (Wildman–Crippen LogP) is 4.09. The Kier molecular flexibility index (Phi) is 4.57. The molecule has 0 bridgehead atoms. The molecule has 0 spiro atoms. The number of methoxy groups -OCH3 is 1. The SMILES string of the molecule is COC(=O)CN1c2ccccc2N=C2CC(C)(C)CC(=O)C2[C@@H]1c1ccco1. The molecule has 146 valence electrons. The first-order valence-electron chi connectivity index (χ1n) is 9.46. The van der Waals surface area contributed by atoms with Gasteiger partial charge in [0.15, 0.2) is 0 Å². The average molecular weight is 380 g/mol. The van der Waals surface area contributed by atoms with E-state index in [-0.39, 0.29) is 23.7 Å². The van der Waals surface area contributed by atoms with Crippen LogP contribution in [0.2, 0.25) is 0 Å². The monoisotopic (exact) mass is 380 g/mol. The largest absolute Gasteiger partial charge is 0.468 e. The van der Waals surface area contributed by atoms with Crippen LogP contribution in [-0.4, -0.2) is 31.1 Å². The molecule has 1 aliphatic heterocycles. The highest BCUT2D eigenvalue weighted by atomic mass is 16.5. The number of fused-ring (bicyclic) bond motifs is 2. The number of anilines is 1. The fourth-order valence-corrected chi connectivity index (χ4v) is 4.35. The van der Waals surface area contributed by atoms with E-state index in [2.05, 4.69) is 13.8 Å². The quantitative estimate of drug-likeness (QED) is 0.750. The summed E-state index contributed by atoms with van der Waals surface area (Å²) >= 11 is 0. The zero-order valence-electron chi connectivity index (χ0n) is 16.3. The lowest BCUT2D eigenvalue weighted by Crippen LogP contribution is -2.46. The highest BCUT2D eigenvalue weighted by Crippen LogP contribution is 2.47. The number of aliphatic imine (C=N–C) groups is 1. The Morgan fingerprint density at radius 3 is 2.75 bits per heavy atom. The van der Waals surface area contributed by atoms with Gasteiger partial charge in [-0.15, -0.1) is 0 Å². The van der Waals surface area contributed by atoms with Gasteiger partial charge in [-0.05, 0) is 36.1 Å². The molecule has 2 heterocycles. The van der Waals surface area contributed by atoms with E-state index in [0.717, 1.165) is 23.5 Å². The van der Waals surface area contributed by atoms with E-state index in [1.165, 1.54) is 7.11 Å². The number of hydrogen-bond donors (Lipinski definition) is 0. The van der Waals surface area contributed by atoms with Crippen molar-refractivity contribution in [1.29, 1.82) is 0 Å². The van der Waals surface area contributed by atoms with Crippen LogP contribution in [0.5, 0.6) is 0 Å². The Morgan fingerprint density at radius 2 is 2.04 bits per heavy atom. The first-order chi connectivity index (χ1) is 13.4. The number of furan rings is 1. The van der Waals surface area contributed by atoms with E-state index >= 15 is 0 Å². The summed E-state index contributed by atoms with van der Waals surface area (Å²) in [5.41, 5.74) is 2.25. The summed E-state index contributed by atoms with van der Waals surface area (Å²) < 4.78 is 10.7. The summed E-state index contributed by atoms with van der Waals surface area (Å²) in [7, 11) is 1.37. The number of benzene rings is 1. The predicted molar refractivity (Wildman–Crippen MR) is 106 cm³/mol. The van der Waals surface area contributed by atoms with Crippen molar-refractivity contribution in [3.63, 3.8) is 0 Å². The van der Waals surface area contributed by atoms with Gasteiger partial charge in [-0.1, -0.05) is 26.0 Å². The smallest absolute Gasteiger partial charge is 0.325 e. The van der Waals surface area contributed by atoms with Crippen molar-refractivity contribution >= 4 is 28.8 Å². The molecule has 0 N–H and O–H groups in total. The maximum atomic E-state index is 13.3. The second-order valence-corrected chi connectivity index (χ2v) is 8.22. The van der Waals surface area contributed by atoms with Gasteiger partial charge in [-0.2, -0.15) is 0 Å². The number of carbonyl (C=O) groups is 2. The lowest BCUT2D eigenvalue weighted by molar-refractivity contribution is -0.139. The summed E-state index contributed by atoms with van der Waals surface area (Å²) in [5.74, 6) is -0.0694. The molecule has 6 heteroatoms. The molecule has 0 saturated heterocycles. The molecule has 6 nitrogen and oxygen atoms in total. The van der Waals surface area contributed by atoms with Crippen LogP contribution in [-0.2, 0) is 14.3 Å². The number of para-hydroxylation sites is 2. The number of hydrogen-bond acceptors (Lipinski definition) is 6. The number of carbonyl (C=O) groups excluding carboxylic acids is 2. The van der Waals surface area contributed by atoms with E-state index in [1.807, 2.05) is 35.2 Å². The van der Waals surface area contributed by atoms with Crippen molar-refractivity contribution in [3.05, 3.63) is 48.4 Å². The first kappa shape index (κ1) is 18.5. The van der Waals surface area contributed by atoms with Crippen LogP contribution in [0.4, 0.5) is 11.4 Å². The van der Waals surface area contributed by atoms with Gasteiger partial charge in [0.05, 0.1) is 30.7 Å². The fourth-order valence-electron chi connectivity index (χ4n) is 4.35. The van der Waals surface area contributed by atoms with E-state index in [4.69, 9.17) is 14.1 Å². The molecule has 1 unspecified atom stereocenters. The summed E-state index contributed by atoms with van der Waals surface area (Å²) in [4.78, 5) is 32.3. The molecule has 1 aromatic carbocycles. The van der Waals surface area contributed by atoms with Crippen molar-refractivity contribution in [2.75, 3.05) is 18.6 Å².